The number of hydrogen-bond acceptors (Lipinski definition) is 5. The van der Waals surface area contributed by atoms with Crippen molar-refractivity contribution >= 4 is 45.8 Å². The molecule has 31 heavy (non-hydrogen) atoms. The van der Waals surface area contributed by atoms with Crippen molar-refractivity contribution in [1.82, 2.24) is 9.97 Å². The van der Waals surface area contributed by atoms with Crippen LogP contribution in [0.5, 0.6) is 0 Å². The van der Waals surface area contributed by atoms with Crippen molar-refractivity contribution in [2.24, 2.45) is 0 Å². The van der Waals surface area contributed by atoms with Crippen LogP contribution < -0.4 is 4.90 Å². The third kappa shape index (κ3) is 3.66. The molecule has 5 rings (SSSR count). The van der Waals surface area contributed by atoms with Gasteiger partial charge in [-0.3, -0.25) is 19.8 Å². The van der Waals surface area contributed by atoms with Crippen molar-refractivity contribution in [2.75, 3.05) is 10.7 Å². The van der Waals surface area contributed by atoms with Gasteiger partial charge >= 0.3 is 0 Å². The van der Waals surface area contributed by atoms with Crippen LogP contribution in [0.15, 0.2) is 71.9 Å². The topological polar surface area (TPSA) is 92.1 Å². The standard InChI is InChI=1S/C23H18N4O3S/c28-22(14-31-23-24-18-12-11-17(27(29)30)13-19(18)25-23)26-20-7-3-1-5-15(20)9-10-16-6-2-4-8-21(16)26/h1-8,11-13H,9-10,14H2,(H,24,25). The van der Waals surface area contributed by atoms with E-state index in [1.54, 1.807) is 11.0 Å². The Labute approximate surface area is 182 Å². The highest BCUT2D eigenvalue weighted by atomic mass is 32.2. The number of nitro groups is 1. The van der Waals surface area contributed by atoms with Gasteiger partial charge in [-0.2, -0.15) is 0 Å². The average molecular weight is 430 g/mol. The van der Waals surface area contributed by atoms with Gasteiger partial charge < -0.3 is 4.98 Å². The van der Waals surface area contributed by atoms with Crippen molar-refractivity contribution in [3.8, 4) is 0 Å². The first-order valence-corrected chi connectivity index (χ1v) is 10.8. The number of aromatic amines is 1. The number of aromatic nitrogens is 2. The molecule has 0 spiro atoms. The number of carbonyl (C=O) groups is 1. The van der Waals surface area contributed by atoms with Crippen molar-refractivity contribution in [1.29, 1.82) is 0 Å². The summed E-state index contributed by atoms with van der Waals surface area (Å²) in [4.78, 5) is 33.3. The number of benzene rings is 3. The Kier molecular flexibility index (Phi) is 4.91. The molecule has 7 nitrogen and oxygen atoms in total. The summed E-state index contributed by atoms with van der Waals surface area (Å²) < 4.78 is 0. The number of thioether (sulfide) groups is 1. The van der Waals surface area contributed by atoms with E-state index in [1.165, 1.54) is 23.9 Å². The summed E-state index contributed by atoms with van der Waals surface area (Å²) in [5.41, 5.74) is 5.33. The Morgan fingerprint density at radius 1 is 1.03 bits per heavy atom. The number of nitrogens with zero attached hydrogens (tertiary/aromatic N) is 3. The van der Waals surface area contributed by atoms with Gasteiger partial charge in [0.25, 0.3) is 5.69 Å². The van der Waals surface area contributed by atoms with Crippen molar-refractivity contribution in [3.63, 3.8) is 0 Å². The molecule has 1 aliphatic rings. The van der Waals surface area contributed by atoms with E-state index in [-0.39, 0.29) is 17.3 Å². The van der Waals surface area contributed by atoms with Gasteiger partial charge in [-0.1, -0.05) is 48.2 Å². The molecule has 0 aliphatic carbocycles. The molecule has 8 heteroatoms. The molecule has 1 amide bonds. The second-order valence-electron chi connectivity index (χ2n) is 7.28. The number of para-hydroxylation sites is 2. The summed E-state index contributed by atoms with van der Waals surface area (Å²) in [6.07, 6.45) is 1.76. The van der Waals surface area contributed by atoms with Crippen LogP contribution in [-0.2, 0) is 17.6 Å². The van der Waals surface area contributed by atoms with E-state index in [4.69, 9.17) is 0 Å². The lowest BCUT2D eigenvalue weighted by atomic mass is 10.0. The van der Waals surface area contributed by atoms with E-state index in [0.717, 1.165) is 35.3 Å². The van der Waals surface area contributed by atoms with Gasteiger partial charge in [-0.05, 0) is 42.2 Å². The molecule has 1 aromatic heterocycles. The maximum absolute atomic E-state index is 13.4. The van der Waals surface area contributed by atoms with Gasteiger partial charge in [0.1, 0.15) is 0 Å². The molecular formula is C23H18N4O3S. The van der Waals surface area contributed by atoms with Gasteiger partial charge in [0.15, 0.2) is 5.16 Å². The maximum atomic E-state index is 13.4. The number of fused-ring (bicyclic) bond motifs is 3. The van der Waals surface area contributed by atoms with Gasteiger partial charge in [0.05, 0.1) is 33.1 Å². The minimum absolute atomic E-state index is 0.00144. The van der Waals surface area contributed by atoms with Crippen LogP contribution in [0.1, 0.15) is 11.1 Å². The maximum Gasteiger partial charge on any atom is 0.271 e. The predicted molar refractivity (Wildman–Crippen MR) is 121 cm³/mol. The summed E-state index contributed by atoms with van der Waals surface area (Å²) in [6.45, 7) is 0. The molecule has 3 aromatic carbocycles. The lowest BCUT2D eigenvalue weighted by Gasteiger charge is -2.24. The summed E-state index contributed by atoms with van der Waals surface area (Å²) >= 11 is 1.29. The van der Waals surface area contributed by atoms with Crippen molar-refractivity contribution in [3.05, 3.63) is 88.0 Å². The number of amides is 1. The second-order valence-corrected chi connectivity index (χ2v) is 8.24. The number of H-pyrrole nitrogens is 1. The van der Waals surface area contributed by atoms with Gasteiger partial charge in [-0.25, -0.2) is 4.98 Å². The van der Waals surface area contributed by atoms with E-state index in [9.17, 15) is 14.9 Å². The minimum atomic E-state index is -0.440. The number of nitro benzene ring substituents is 1. The zero-order valence-corrected chi connectivity index (χ0v) is 17.3. The number of anilines is 2. The van der Waals surface area contributed by atoms with Crippen LogP contribution in [0, 0.1) is 10.1 Å². The molecule has 0 unspecified atom stereocenters. The number of imidazole rings is 1. The first-order valence-electron chi connectivity index (χ1n) is 9.86. The predicted octanol–water partition coefficient (Wildman–Crippen LogP) is 5.03. The Balaban J connectivity index is 1.43. The molecule has 2 heterocycles. The SMILES string of the molecule is O=C(CSc1nc2ccc([N+](=O)[O-])cc2[nH]1)N1c2ccccc2CCc2ccccc21. The number of aryl methyl sites for hydroxylation is 2. The zero-order valence-electron chi connectivity index (χ0n) is 16.4. The van der Waals surface area contributed by atoms with Crippen molar-refractivity contribution in [2.45, 2.75) is 18.0 Å². The molecule has 4 aromatic rings. The summed E-state index contributed by atoms with van der Waals surface area (Å²) in [7, 11) is 0. The Morgan fingerprint density at radius 2 is 1.68 bits per heavy atom. The molecule has 0 bridgehead atoms. The van der Waals surface area contributed by atoms with Gasteiger partial charge in [-0.15, -0.1) is 0 Å². The van der Waals surface area contributed by atoms with Gasteiger partial charge in [0.2, 0.25) is 5.91 Å². The Hall–Kier alpha value is -3.65. The van der Waals surface area contributed by atoms with Crippen LogP contribution in [0.3, 0.4) is 0 Å². The summed E-state index contributed by atoms with van der Waals surface area (Å²) in [6, 6.07) is 20.5. The molecule has 1 N–H and O–H groups in total. The largest absolute Gasteiger partial charge is 0.333 e. The van der Waals surface area contributed by atoms with E-state index < -0.39 is 4.92 Å². The average Bonchev–Trinajstić information content (AvgIpc) is 3.12. The van der Waals surface area contributed by atoms with Crippen LogP contribution in [-0.4, -0.2) is 26.6 Å². The minimum Gasteiger partial charge on any atom is -0.333 e. The normalized spacial score (nSPS) is 12.8. The van der Waals surface area contributed by atoms with Crippen LogP contribution in [0.2, 0.25) is 0 Å². The molecular weight excluding hydrogens is 412 g/mol. The number of hydrogen-bond donors (Lipinski definition) is 1. The molecule has 1 aliphatic heterocycles. The fraction of sp³-hybridized carbons (Fsp3) is 0.130. The molecule has 0 saturated heterocycles. The third-order valence-corrected chi connectivity index (χ3v) is 6.22. The molecule has 0 radical (unpaired) electrons. The number of rotatable bonds is 4. The van der Waals surface area contributed by atoms with Crippen LogP contribution in [0.4, 0.5) is 17.1 Å². The highest BCUT2D eigenvalue weighted by Gasteiger charge is 2.25. The second kappa shape index (κ2) is 7.88. The van der Waals surface area contributed by atoms with E-state index in [0.29, 0.717) is 16.2 Å². The first-order chi connectivity index (χ1) is 15.1. The Bertz CT molecular complexity index is 1270. The molecule has 154 valence electrons. The quantitative estimate of drug-likeness (QED) is 0.279. The van der Waals surface area contributed by atoms with E-state index in [2.05, 4.69) is 22.1 Å². The fourth-order valence-electron chi connectivity index (χ4n) is 3.90. The highest BCUT2D eigenvalue weighted by molar-refractivity contribution is 7.99. The Morgan fingerprint density at radius 3 is 2.32 bits per heavy atom. The fourth-order valence-corrected chi connectivity index (χ4v) is 4.63. The zero-order chi connectivity index (χ0) is 21.4. The van der Waals surface area contributed by atoms with E-state index >= 15 is 0 Å². The summed E-state index contributed by atoms with van der Waals surface area (Å²) in [5.74, 6) is 0.142. The van der Waals surface area contributed by atoms with Gasteiger partial charge in [0, 0.05) is 12.1 Å². The summed E-state index contributed by atoms with van der Waals surface area (Å²) in [5, 5.41) is 11.5. The van der Waals surface area contributed by atoms with E-state index in [1.807, 2.05) is 36.4 Å². The smallest absolute Gasteiger partial charge is 0.271 e. The highest BCUT2D eigenvalue weighted by Crippen LogP contribution is 2.36. The number of carbonyl (C=O) groups excluding carboxylic acids is 1. The lowest BCUT2D eigenvalue weighted by molar-refractivity contribution is -0.384. The molecule has 0 atom stereocenters. The van der Waals surface area contributed by atoms with Crippen LogP contribution in [0.25, 0.3) is 11.0 Å². The number of non-ortho nitro benzene ring substituents is 1. The number of nitrogens with one attached hydrogen (secondary N) is 1. The monoisotopic (exact) mass is 430 g/mol. The molecule has 0 fully saturated rings. The lowest BCUT2D eigenvalue weighted by Crippen LogP contribution is -2.28. The first kappa shape index (κ1) is 19.3. The third-order valence-electron chi connectivity index (χ3n) is 5.37. The van der Waals surface area contributed by atoms with Crippen molar-refractivity contribution < 1.29 is 9.72 Å². The molecule has 0 saturated carbocycles. The van der Waals surface area contributed by atoms with Crippen LogP contribution >= 0.6 is 11.8 Å².